The van der Waals surface area contributed by atoms with Crippen LogP contribution in [0.1, 0.15) is 5.56 Å². The normalized spacial score (nSPS) is 16.2. The number of hydrogen-bond donors (Lipinski definition) is 1. The van der Waals surface area contributed by atoms with Gasteiger partial charge in [0.1, 0.15) is 11.5 Å². The van der Waals surface area contributed by atoms with Gasteiger partial charge in [0.2, 0.25) is 0 Å². The van der Waals surface area contributed by atoms with Gasteiger partial charge in [0.25, 0.3) is 0 Å². The van der Waals surface area contributed by atoms with Crippen molar-refractivity contribution in [3.8, 4) is 11.5 Å². The van der Waals surface area contributed by atoms with Crippen molar-refractivity contribution in [2.45, 2.75) is 18.8 Å². The summed E-state index contributed by atoms with van der Waals surface area (Å²) in [6.07, 6.45) is -11.0. The molecule has 28 heavy (non-hydrogen) atoms. The van der Waals surface area contributed by atoms with E-state index < -0.39 is 18.0 Å². The number of piperazine rings is 1. The van der Waals surface area contributed by atoms with Gasteiger partial charge in [-0.1, -0.05) is 12.1 Å². The van der Waals surface area contributed by atoms with Gasteiger partial charge in [0, 0.05) is 38.4 Å². The quantitative estimate of drug-likeness (QED) is 0.759. The lowest BCUT2D eigenvalue weighted by Crippen LogP contribution is -2.46. The third-order valence-electron chi connectivity index (χ3n) is 4.47. The molecule has 0 radical (unpaired) electrons. The minimum atomic E-state index is -5.77. The van der Waals surface area contributed by atoms with E-state index in [0.29, 0.717) is 25.2 Å². The molecule has 0 amide bonds. The van der Waals surface area contributed by atoms with E-state index in [9.17, 15) is 27.1 Å². The van der Waals surface area contributed by atoms with Gasteiger partial charge in [-0.25, -0.2) is 0 Å². The fraction of sp³-hybridized carbons (Fsp3) is 0.368. The van der Waals surface area contributed by atoms with Gasteiger partial charge in [-0.2, -0.15) is 22.0 Å². The third kappa shape index (κ3) is 4.83. The predicted octanol–water partition coefficient (Wildman–Crippen LogP) is 4.25. The number of rotatable bonds is 5. The molecule has 0 atom stereocenters. The Morgan fingerprint density at radius 3 is 2.14 bits per heavy atom. The van der Waals surface area contributed by atoms with Crippen LogP contribution in [-0.4, -0.2) is 48.5 Å². The maximum Gasteiger partial charge on any atom is 0.499 e. The van der Waals surface area contributed by atoms with Crippen LogP contribution >= 0.6 is 0 Å². The smallest absolute Gasteiger partial charge is 0.499 e. The van der Waals surface area contributed by atoms with Crippen LogP contribution in [0.3, 0.4) is 0 Å². The first-order valence-electron chi connectivity index (χ1n) is 8.63. The van der Waals surface area contributed by atoms with E-state index in [4.69, 9.17) is 0 Å². The Labute approximate surface area is 158 Å². The minimum Gasteiger partial charge on any atom is -0.508 e. The predicted molar refractivity (Wildman–Crippen MR) is 93.7 cm³/mol. The SMILES string of the molecule is Oc1ccc(N2CCN(Cc3cccc(OC(F)(F)C(F)(F)F)c3)CC2)cc1. The van der Waals surface area contributed by atoms with Crippen LogP contribution < -0.4 is 9.64 Å². The van der Waals surface area contributed by atoms with E-state index in [2.05, 4.69) is 14.5 Å². The lowest BCUT2D eigenvalue weighted by molar-refractivity contribution is -0.360. The molecule has 1 aliphatic rings. The largest absolute Gasteiger partial charge is 0.508 e. The summed E-state index contributed by atoms with van der Waals surface area (Å²) < 4.78 is 66.9. The number of nitrogens with zero attached hydrogens (tertiary/aromatic N) is 2. The lowest BCUT2D eigenvalue weighted by atomic mass is 10.1. The number of benzene rings is 2. The molecule has 0 aromatic heterocycles. The third-order valence-corrected chi connectivity index (χ3v) is 4.47. The van der Waals surface area contributed by atoms with Gasteiger partial charge in [0.15, 0.2) is 0 Å². The summed E-state index contributed by atoms with van der Waals surface area (Å²) in [6.45, 7) is 3.27. The maximum absolute atomic E-state index is 13.1. The lowest BCUT2D eigenvalue weighted by Gasteiger charge is -2.36. The molecular weight excluding hydrogens is 383 g/mol. The first-order chi connectivity index (χ1) is 13.1. The zero-order valence-electron chi connectivity index (χ0n) is 14.8. The molecular formula is C19H19F5N2O2. The van der Waals surface area contributed by atoms with Crippen LogP contribution in [-0.2, 0) is 6.54 Å². The standard InChI is InChI=1S/C19H19F5N2O2/c20-18(21,22)19(23,24)28-17-3-1-2-14(12-17)13-25-8-10-26(11-9-25)15-4-6-16(27)7-5-15/h1-7,12,27H,8-11,13H2. The molecule has 1 fully saturated rings. The van der Waals surface area contributed by atoms with E-state index in [1.165, 1.54) is 12.1 Å². The summed E-state index contributed by atoms with van der Waals surface area (Å²) in [4.78, 5) is 4.23. The molecule has 1 saturated heterocycles. The number of aromatic hydroxyl groups is 1. The monoisotopic (exact) mass is 402 g/mol. The van der Waals surface area contributed by atoms with Crippen molar-refractivity contribution in [2.24, 2.45) is 0 Å². The number of phenols is 1. The van der Waals surface area contributed by atoms with Crippen LogP contribution in [0.15, 0.2) is 48.5 Å². The van der Waals surface area contributed by atoms with Gasteiger partial charge < -0.3 is 14.7 Å². The summed E-state index contributed by atoms with van der Waals surface area (Å²) in [5.74, 6) is -0.330. The average Bonchev–Trinajstić information content (AvgIpc) is 2.62. The Morgan fingerprint density at radius 1 is 0.893 bits per heavy atom. The van der Waals surface area contributed by atoms with Crippen LogP contribution in [0.4, 0.5) is 27.6 Å². The second-order valence-electron chi connectivity index (χ2n) is 6.54. The second kappa shape index (κ2) is 7.83. The van der Waals surface area contributed by atoms with Crippen LogP contribution in [0.25, 0.3) is 0 Å². The number of alkyl halides is 5. The molecule has 2 aromatic rings. The molecule has 2 aromatic carbocycles. The molecule has 4 nitrogen and oxygen atoms in total. The number of hydrogen-bond acceptors (Lipinski definition) is 4. The maximum atomic E-state index is 13.1. The molecule has 0 bridgehead atoms. The molecule has 0 aliphatic carbocycles. The van der Waals surface area contributed by atoms with Gasteiger partial charge in [-0.05, 0) is 42.0 Å². The summed E-state index contributed by atoms with van der Waals surface area (Å²) >= 11 is 0. The van der Waals surface area contributed by atoms with E-state index in [1.807, 2.05) is 12.1 Å². The highest BCUT2D eigenvalue weighted by atomic mass is 19.4. The summed E-state index contributed by atoms with van der Waals surface area (Å²) in [6, 6.07) is 12.2. The highest BCUT2D eigenvalue weighted by Gasteiger charge is 2.61. The zero-order valence-corrected chi connectivity index (χ0v) is 14.8. The highest BCUT2D eigenvalue weighted by Crippen LogP contribution is 2.37. The van der Waals surface area contributed by atoms with Crippen LogP contribution in [0.2, 0.25) is 0 Å². The Kier molecular flexibility index (Phi) is 5.64. The molecule has 1 aliphatic heterocycles. The Bertz CT molecular complexity index is 788. The van der Waals surface area contributed by atoms with Gasteiger partial charge in [0.05, 0.1) is 0 Å². The van der Waals surface area contributed by atoms with Crippen molar-refractivity contribution in [3.63, 3.8) is 0 Å². The van der Waals surface area contributed by atoms with Crippen molar-refractivity contribution in [2.75, 3.05) is 31.1 Å². The fourth-order valence-corrected chi connectivity index (χ4v) is 3.00. The van der Waals surface area contributed by atoms with E-state index in [1.54, 1.807) is 18.2 Å². The number of ether oxygens (including phenoxy) is 1. The summed E-state index contributed by atoms with van der Waals surface area (Å²) in [5.41, 5.74) is 1.58. The Hall–Kier alpha value is -2.55. The second-order valence-corrected chi connectivity index (χ2v) is 6.54. The molecule has 1 N–H and O–H groups in total. The topological polar surface area (TPSA) is 35.9 Å². The molecule has 0 saturated carbocycles. The molecule has 9 heteroatoms. The van der Waals surface area contributed by atoms with Crippen molar-refractivity contribution >= 4 is 5.69 Å². The average molecular weight is 402 g/mol. The van der Waals surface area contributed by atoms with E-state index in [0.717, 1.165) is 24.8 Å². The van der Waals surface area contributed by atoms with Crippen LogP contribution in [0.5, 0.6) is 11.5 Å². The molecule has 1 heterocycles. The number of halogens is 5. The summed E-state index contributed by atoms with van der Waals surface area (Å²) in [5, 5.41) is 9.35. The van der Waals surface area contributed by atoms with Crippen molar-refractivity contribution < 1.29 is 31.8 Å². The first-order valence-corrected chi connectivity index (χ1v) is 8.63. The Morgan fingerprint density at radius 2 is 1.54 bits per heavy atom. The minimum absolute atomic E-state index is 0.195. The summed E-state index contributed by atoms with van der Waals surface area (Å²) in [7, 11) is 0. The molecule has 0 spiro atoms. The Balaban J connectivity index is 1.57. The van der Waals surface area contributed by atoms with Crippen LogP contribution in [0, 0.1) is 0 Å². The molecule has 152 valence electrons. The van der Waals surface area contributed by atoms with Crippen molar-refractivity contribution in [1.82, 2.24) is 4.90 Å². The van der Waals surface area contributed by atoms with Gasteiger partial charge >= 0.3 is 12.3 Å². The van der Waals surface area contributed by atoms with Gasteiger partial charge in [-0.3, -0.25) is 4.90 Å². The zero-order chi connectivity index (χ0) is 20.4. The highest BCUT2D eigenvalue weighted by molar-refractivity contribution is 5.49. The first kappa shape index (κ1) is 20.2. The number of phenolic OH excluding ortho intramolecular Hbond substituents is 1. The van der Waals surface area contributed by atoms with Gasteiger partial charge in [-0.15, -0.1) is 0 Å². The van der Waals surface area contributed by atoms with Crippen molar-refractivity contribution in [1.29, 1.82) is 0 Å². The van der Waals surface area contributed by atoms with E-state index >= 15 is 0 Å². The number of anilines is 1. The molecule has 3 rings (SSSR count). The van der Waals surface area contributed by atoms with Crippen molar-refractivity contribution in [3.05, 3.63) is 54.1 Å². The van der Waals surface area contributed by atoms with E-state index in [-0.39, 0.29) is 5.75 Å². The fourth-order valence-electron chi connectivity index (χ4n) is 3.00. The molecule has 0 unspecified atom stereocenters.